The Morgan fingerprint density at radius 3 is 2.84 bits per heavy atom. The Morgan fingerprint density at radius 2 is 2.08 bits per heavy atom. The van der Waals surface area contributed by atoms with Gasteiger partial charge in [0.05, 0.1) is 18.6 Å². The predicted octanol–water partition coefficient (Wildman–Crippen LogP) is 3.68. The number of hydrogen-bond donors (Lipinski definition) is 0. The minimum Gasteiger partial charge on any atom is -0.485 e. The van der Waals surface area contributed by atoms with Crippen LogP contribution in [0.1, 0.15) is 31.7 Å². The number of para-hydroxylation sites is 1. The molecule has 1 saturated heterocycles. The van der Waals surface area contributed by atoms with Crippen LogP contribution in [0.3, 0.4) is 0 Å². The van der Waals surface area contributed by atoms with Crippen LogP contribution in [0.15, 0.2) is 48.3 Å². The van der Waals surface area contributed by atoms with Crippen molar-refractivity contribution in [2.45, 2.75) is 44.2 Å². The van der Waals surface area contributed by atoms with Gasteiger partial charge >= 0.3 is 0 Å². The number of carbonyl (C=O) groups excluding carboxylic acids is 1. The fourth-order valence-electron chi connectivity index (χ4n) is 3.78. The average molecular weight is 344 g/mol. The van der Waals surface area contributed by atoms with E-state index in [1.54, 1.807) is 6.08 Å². The van der Waals surface area contributed by atoms with Crippen LogP contribution >= 0.6 is 0 Å². The van der Waals surface area contributed by atoms with Crippen molar-refractivity contribution in [2.24, 2.45) is 5.92 Å². The minimum absolute atomic E-state index is 0.0391. The Labute approximate surface area is 146 Å². The lowest BCUT2D eigenvalue weighted by molar-refractivity contribution is -0.141. The number of hydrogen-bond acceptors (Lipinski definition) is 4. The van der Waals surface area contributed by atoms with Gasteiger partial charge in [0.25, 0.3) is 0 Å². The first-order chi connectivity index (χ1) is 11.9. The molecule has 132 valence electrons. The first-order valence-corrected chi connectivity index (χ1v) is 8.59. The molecule has 0 radical (unpaired) electrons. The second kappa shape index (κ2) is 6.07. The van der Waals surface area contributed by atoms with Crippen LogP contribution in [0.5, 0.6) is 5.75 Å². The zero-order chi connectivity index (χ0) is 17.6. The number of allylic oxidation sites excluding steroid dienone is 2. The number of rotatable bonds is 2. The Bertz CT molecular complexity index is 752. The number of Topliss-reactive ketones (excluding diaryl/α,β-unsaturated/α-hetero) is 1. The molecule has 0 bridgehead atoms. The Morgan fingerprint density at radius 1 is 1.28 bits per heavy atom. The van der Waals surface area contributed by atoms with E-state index < -0.39 is 29.6 Å². The molecule has 1 aliphatic carbocycles. The summed E-state index contributed by atoms with van der Waals surface area (Å²) >= 11 is 0. The lowest BCUT2D eigenvalue weighted by atomic mass is 9.81. The summed E-state index contributed by atoms with van der Waals surface area (Å²) in [7, 11) is 0. The molecule has 1 fully saturated rings. The first-order valence-electron chi connectivity index (χ1n) is 8.59. The molecule has 1 aromatic carbocycles. The van der Waals surface area contributed by atoms with Crippen molar-refractivity contribution >= 4 is 5.78 Å². The standard InChI is InChI=1S/C20H21FO4/c1-20(2)23-11-13(25-20)10-15-14-5-3-4-6-17(14)24-18-8-7-12(21)9-16(18)19(15)22/h3-9,13,15-16,18H,10-11H2,1-2H3/t13-,15-,16?,18?/m1/s1. The van der Waals surface area contributed by atoms with Crippen LogP contribution in [0.25, 0.3) is 0 Å². The van der Waals surface area contributed by atoms with E-state index in [0.717, 1.165) is 5.56 Å². The van der Waals surface area contributed by atoms with Gasteiger partial charge in [-0.05, 0) is 44.6 Å². The second-order valence-corrected chi connectivity index (χ2v) is 7.20. The van der Waals surface area contributed by atoms with Gasteiger partial charge in [0.15, 0.2) is 11.6 Å². The van der Waals surface area contributed by atoms with Gasteiger partial charge in [-0.2, -0.15) is 0 Å². The molecule has 4 nitrogen and oxygen atoms in total. The zero-order valence-electron chi connectivity index (χ0n) is 14.3. The molecule has 5 heteroatoms. The number of carbonyl (C=O) groups is 1. The third-order valence-electron chi connectivity index (χ3n) is 4.93. The second-order valence-electron chi connectivity index (χ2n) is 7.20. The van der Waals surface area contributed by atoms with E-state index in [0.29, 0.717) is 18.8 Å². The maximum atomic E-state index is 13.7. The quantitative estimate of drug-likeness (QED) is 0.821. The van der Waals surface area contributed by atoms with Crippen molar-refractivity contribution in [3.63, 3.8) is 0 Å². The lowest BCUT2D eigenvalue weighted by Crippen LogP contribution is -2.33. The van der Waals surface area contributed by atoms with Crippen molar-refractivity contribution in [1.29, 1.82) is 0 Å². The van der Waals surface area contributed by atoms with E-state index in [1.807, 2.05) is 38.1 Å². The van der Waals surface area contributed by atoms with Gasteiger partial charge in [-0.25, -0.2) is 4.39 Å². The Hall–Kier alpha value is -1.98. The van der Waals surface area contributed by atoms with Crippen molar-refractivity contribution in [3.8, 4) is 5.75 Å². The molecule has 2 heterocycles. The molecule has 3 aliphatic rings. The fourth-order valence-corrected chi connectivity index (χ4v) is 3.78. The fraction of sp³-hybridized carbons (Fsp3) is 0.450. The van der Waals surface area contributed by atoms with Gasteiger partial charge in [-0.1, -0.05) is 18.2 Å². The summed E-state index contributed by atoms with van der Waals surface area (Å²) in [5, 5.41) is 0. The molecule has 0 aromatic heterocycles. The molecule has 2 unspecified atom stereocenters. The maximum Gasteiger partial charge on any atom is 0.163 e. The number of fused-ring (bicyclic) bond motifs is 2. The van der Waals surface area contributed by atoms with E-state index in [-0.39, 0.29) is 11.9 Å². The van der Waals surface area contributed by atoms with Gasteiger partial charge in [0, 0.05) is 11.5 Å². The lowest BCUT2D eigenvalue weighted by Gasteiger charge is -2.24. The van der Waals surface area contributed by atoms with Crippen molar-refractivity contribution in [2.75, 3.05) is 6.61 Å². The number of halogens is 1. The summed E-state index contributed by atoms with van der Waals surface area (Å²) in [6, 6.07) is 7.53. The third-order valence-corrected chi connectivity index (χ3v) is 4.93. The molecule has 4 rings (SSSR count). The van der Waals surface area contributed by atoms with Gasteiger partial charge in [0.1, 0.15) is 17.7 Å². The van der Waals surface area contributed by atoms with Crippen LogP contribution in [-0.2, 0) is 14.3 Å². The van der Waals surface area contributed by atoms with Crippen LogP contribution < -0.4 is 4.74 Å². The summed E-state index contributed by atoms with van der Waals surface area (Å²) in [5.41, 5.74) is 0.831. The third kappa shape index (κ3) is 3.14. The largest absolute Gasteiger partial charge is 0.485 e. The van der Waals surface area contributed by atoms with Crippen LogP contribution in [0.2, 0.25) is 0 Å². The van der Waals surface area contributed by atoms with E-state index in [1.165, 1.54) is 12.2 Å². The highest BCUT2D eigenvalue weighted by atomic mass is 19.1. The van der Waals surface area contributed by atoms with E-state index in [4.69, 9.17) is 14.2 Å². The van der Waals surface area contributed by atoms with E-state index in [9.17, 15) is 9.18 Å². The molecule has 1 aromatic rings. The summed E-state index contributed by atoms with van der Waals surface area (Å²) in [5.74, 6) is -1.45. The Kier molecular flexibility index (Phi) is 4.01. The summed E-state index contributed by atoms with van der Waals surface area (Å²) in [4.78, 5) is 13.2. The van der Waals surface area contributed by atoms with Gasteiger partial charge in [-0.3, -0.25) is 4.79 Å². The van der Waals surface area contributed by atoms with Crippen LogP contribution in [-0.4, -0.2) is 30.4 Å². The number of ketones is 1. The topological polar surface area (TPSA) is 44.8 Å². The van der Waals surface area contributed by atoms with Gasteiger partial charge in [0.2, 0.25) is 0 Å². The highest BCUT2D eigenvalue weighted by molar-refractivity contribution is 5.91. The molecular formula is C20H21FO4. The zero-order valence-corrected chi connectivity index (χ0v) is 14.3. The minimum atomic E-state index is -0.642. The normalized spacial score (nSPS) is 33.1. The van der Waals surface area contributed by atoms with E-state index >= 15 is 0 Å². The number of benzene rings is 1. The van der Waals surface area contributed by atoms with Crippen molar-refractivity contribution in [3.05, 3.63) is 53.9 Å². The van der Waals surface area contributed by atoms with Crippen LogP contribution in [0, 0.1) is 5.92 Å². The van der Waals surface area contributed by atoms with Gasteiger partial charge in [-0.15, -0.1) is 0 Å². The average Bonchev–Trinajstić information content (AvgIpc) is 2.87. The molecule has 0 N–H and O–H groups in total. The molecule has 2 aliphatic heterocycles. The molecule has 0 saturated carbocycles. The SMILES string of the molecule is CC1(C)OC[C@@H](C[C@H]2C(=O)C3C=C(F)C=CC3Oc3ccccc32)O1. The molecular weight excluding hydrogens is 323 g/mol. The molecule has 0 amide bonds. The predicted molar refractivity (Wildman–Crippen MR) is 89.9 cm³/mol. The molecule has 4 atom stereocenters. The highest BCUT2D eigenvalue weighted by Crippen LogP contribution is 2.41. The van der Waals surface area contributed by atoms with E-state index in [2.05, 4.69) is 0 Å². The Balaban J connectivity index is 1.68. The monoisotopic (exact) mass is 344 g/mol. The van der Waals surface area contributed by atoms with Crippen LogP contribution in [0.4, 0.5) is 4.39 Å². The maximum absolute atomic E-state index is 13.7. The first kappa shape index (κ1) is 16.5. The smallest absolute Gasteiger partial charge is 0.163 e. The highest BCUT2D eigenvalue weighted by Gasteiger charge is 2.42. The molecule has 0 spiro atoms. The number of ether oxygens (including phenoxy) is 3. The summed E-state index contributed by atoms with van der Waals surface area (Å²) < 4.78 is 31.3. The summed E-state index contributed by atoms with van der Waals surface area (Å²) in [6.07, 6.45) is 4.17. The van der Waals surface area contributed by atoms with Crippen molar-refractivity contribution < 1.29 is 23.4 Å². The van der Waals surface area contributed by atoms with Gasteiger partial charge < -0.3 is 14.2 Å². The molecule has 25 heavy (non-hydrogen) atoms. The van der Waals surface area contributed by atoms with Crippen molar-refractivity contribution in [1.82, 2.24) is 0 Å². The summed E-state index contributed by atoms with van der Waals surface area (Å²) in [6.45, 7) is 4.16.